The summed E-state index contributed by atoms with van der Waals surface area (Å²) in [5, 5.41) is 29.9. The van der Waals surface area contributed by atoms with Gasteiger partial charge in [-0.25, -0.2) is 0 Å². The molecule has 2 fully saturated rings. The third kappa shape index (κ3) is 4.13. The van der Waals surface area contributed by atoms with Crippen LogP contribution in [0.5, 0.6) is 11.5 Å². The lowest BCUT2D eigenvalue weighted by atomic mass is 9.98. The van der Waals surface area contributed by atoms with Crippen molar-refractivity contribution < 1.29 is 29.6 Å². The molecule has 0 aromatic heterocycles. The normalized spacial score (nSPS) is 22.2. The van der Waals surface area contributed by atoms with E-state index < -0.39 is 6.16 Å². The third-order valence-corrected chi connectivity index (χ3v) is 4.26. The van der Waals surface area contributed by atoms with E-state index >= 15 is 0 Å². The van der Waals surface area contributed by atoms with Crippen molar-refractivity contribution in [3.8, 4) is 11.5 Å². The molecule has 1 aromatic carbocycles. The first-order valence-corrected chi connectivity index (χ1v) is 7.84. The number of benzene rings is 1. The summed E-state index contributed by atoms with van der Waals surface area (Å²) in [6.45, 7) is 0.561. The predicted molar refractivity (Wildman–Crippen MR) is 79.7 cm³/mol. The Morgan fingerprint density at radius 3 is 2.48 bits per heavy atom. The summed E-state index contributed by atoms with van der Waals surface area (Å²) < 4.78 is 10.7. The maximum absolute atomic E-state index is 11.4. The van der Waals surface area contributed by atoms with Crippen molar-refractivity contribution >= 4 is 5.91 Å². The number of hydrogen-bond donors (Lipinski definition) is 4. The number of aliphatic hydroxyl groups is 3. The van der Waals surface area contributed by atoms with Gasteiger partial charge in [-0.15, -0.1) is 0 Å². The Labute approximate surface area is 133 Å². The van der Waals surface area contributed by atoms with Crippen LogP contribution in [0, 0.1) is 0 Å². The molecule has 1 unspecified atom stereocenters. The van der Waals surface area contributed by atoms with E-state index in [1.165, 1.54) is 6.07 Å². The molecule has 7 nitrogen and oxygen atoms in total. The van der Waals surface area contributed by atoms with Crippen molar-refractivity contribution in [1.82, 2.24) is 5.32 Å². The molecule has 23 heavy (non-hydrogen) atoms. The SMILES string of the molecule is O=C1CC(c2ccc(OC(O)(O)O)c(OC3CCCC3)c2)CN1. The van der Waals surface area contributed by atoms with Gasteiger partial charge in [0.15, 0.2) is 11.5 Å². The Morgan fingerprint density at radius 2 is 1.87 bits per heavy atom. The van der Waals surface area contributed by atoms with Gasteiger partial charge in [0, 0.05) is 18.9 Å². The van der Waals surface area contributed by atoms with Gasteiger partial charge < -0.3 is 30.1 Å². The summed E-state index contributed by atoms with van der Waals surface area (Å²) in [5.41, 5.74) is 0.906. The van der Waals surface area contributed by atoms with Crippen LogP contribution in [0.4, 0.5) is 0 Å². The second-order valence-electron chi connectivity index (χ2n) is 6.11. The first-order chi connectivity index (χ1) is 10.9. The molecule has 2 aliphatic rings. The molecule has 1 aliphatic carbocycles. The summed E-state index contributed by atoms with van der Waals surface area (Å²) in [6, 6.07) is 4.98. The van der Waals surface area contributed by atoms with Crippen molar-refractivity contribution in [2.24, 2.45) is 0 Å². The van der Waals surface area contributed by atoms with Crippen LogP contribution in [0.15, 0.2) is 18.2 Å². The summed E-state index contributed by atoms with van der Waals surface area (Å²) in [7, 11) is 0. The molecule has 1 saturated carbocycles. The highest BCUT2D eigenvalue weighted by Gasteiger charge is 2.28. The third-order valence-electron chi connectivity index (χ3n) is 4.26. The van der Waals surface area contributed by atoms with Crippen molar-refractivity contribution in [3.05, 3.63) is 23.8 Å². The summed E-state index contributed by atoms with van der Waals surface area (Å²) in [6.07, 6.45) is 1.22. The highest BCUT2D eigenvalue weighted by molar-refractivity contribution is 5.79. The van der Waals surface area contributed by atoms with Crippen LogP contribution >= 0.6 is 0 Å². The van der Waals surface area contributed by atoms with E-state index in [2.05, 4.69) is 5.32 Å². The number of ether oxygens (including phenoxy) is 2. The van der Waals surface area contributed by atoms with Gasteiger partial charge in [-0.05, 0) is 43.4 Å². The smallest absolute Gasteiger partial charge is 0.453 e. The molecule has 0 radical (unpaired) electrons. The highest BCUT2D eigenvalue weighted by Crippen LogP contribution is 2.36. The van der Waals surface area contributed by atoms with Crippen molar-refractivity contribution in [2.75, 3.05) is 6.54 Å². The van der Waals surface area contributed by atoms with E-state index in [9.17, 15) is 4.79 Å². The van der Waals surface area contributed by atoms with E-state index in [0.29, 0.717) is 18.7 Å². The minimum atomic E-state index is -3.26. The van der Waals surface area contributed by atoms with E-state index in [4.69, 9.17) is 24.8 Å². The fraction of sp³-hybridized carbons (Fsp3) is 0.562. The zero-order valence-corrected chi connectivity index (χ0v) is 12.7. The van der Waals surface area contributed by atoms with E-state index in [-0.39, 0.29) is 23.7 Å². The maximum Gasteiger partial charge on any atom is 0.453 e. The second-order valence-corrected chi connectivity index (χ2v) is 6.11. The molecule has 1 saturated heterocycles. The Morgan fingerprint density at radius 1 is 1.13 bits per heavy atom. The van der Waals surface area contributed by atoms with Gasteiger partial charge in [0.05, 0.1) is 6.10 Å². The molecule has 1 amide bonds. The van der Waals surface area contributed by atoms with Crippen LogP contribution in [0.3, 0.4) is 0 Å². The number of hydrogen-bond acceptors (Lipinski definition) is 6. The molecular weight excluding hydrogens is 302 g/mol. The molecule has 0 bridgehead atoms. The van der Waals surface area contributed by atoms with Gasteiger partial charge in [0.1, 0.15) is 0 Å². The van der Waals surface area contributed by atoms with E-state index in [1.807, 2.05) is 0 Å². The average molecular weight is 323 g/mol. The molecule has 1 heterocycles. The zero-order chi connectivity index (χ0) is 16.4. The molecule has 4 N–H and O–H groups in total. The summed E-state index contributed by atoms with van der Waals surface area (Å²) in [5.74, 6) is 0.444. The lowest BCUT2D eigenvalue weighted by molar-refractivity contribution is -0.419. The van der Waals surface area contributed by atoms with Crippen LogP contribution in [0.1, 0.15) is 43.6 Å². The summed E-state index contributed by atoms with van der Waals surface area (Å²) in [4.78, 5) is 11.4. The van der Waals surface area contributed by atoms with Gasteiger partial charge in [0.2, 0.25) is 5.91 Å². The number of carbonyl (C=O) groups excluding carboxylic acids is 1. The van der Waals surface area contributed by atoms with Gasteiger partial charge in [0.25, 0.3) is 0 Å². The summed E-state index contributed by atoms with van der Waals surface area (Å²) >= 11 is 0. The van der Waals surface area contributed by atoms with Crippen LogP contribution in [0.25, 0.3) is 0 Å². The van der Waals surface area contributed by atoms with E-state index in [0.717, 1.165) is 31.2 Å². The molecule has 1 atom stereocenters. The van der Waals surface area contributed by atoms with Gasteiger partial charge in [-0.1, -0.05) is 6.07 Å². The standard InChI is InChI=1S/C16H21NO6/c18-15-8-11(9-17-15)10-5-6-13(23-16(19,20)21)14(7-10)22-12-3-1-2-4-12/h5-7,11-12,19-21H,1-4,8-9H2,(H,17,18). The molecular formula is C16H21NO6. The Balaban J connectivity index is 1.84. The largest absolute Gasteiger partial charge is 0.487 e. The predicted octanol–water partition coefficient (Wildman–Crippen LogP) is 0.579. The van der Waals surface area contributed by atoms with Crippen LogP contribution in [0.2, 0.25) is 0 Å². The minimum Gasteiger partial charge on any atom is -0.487 e. The molecule has 7 heteroatoms. The Hall–Kier alpha value is -1.83. The van der Waals surface area contributed by atoms with Crippen molar-refractivity contribution in [2.45, 2.75) is 50.3 Å². The van der Waals surface area contributed by atoms with Crippen LogP contribution < -0.4 is 14.8 Å². The lowest BCUT2D eigenvalue weighted by Crippen LogP contribution is -2.34. The number of carbonyl (C=O) groups is 1. The average Bonchev–Trinajstić information content (AvgIpc) is 3.11. The fourth-order valence-corrected chi connectivity index (χ4v) is 3.13. The minimum absolute atomic E-state index is 0.00804. The van der Waals surface area contributed by atoms with Crippen molar-refractivity contribution in [1.29, 1.82) is 0 Å². The molecule has 126 valence electrons. The maximum atomic E-state index is 11.4. The first-order valence-electron chi connectivity index (χ1n) is 7.84. The quantitative estimate of drug-likeness (QED) is 0.590. The topological polar surface area (TPSA) is 108 Å². The van der Waals surface area contributed by atoms with Crippen LogP contribution in [-0.2, 0) is 4.79 Å². The van der Waals surface area contributed by atoms with Gasteiger partial charge >= 0.3 is 6.16 Å². The van der Waals surface area contributed by atoms with Gasteiger partial charge in [-0.3, -0.25) is 4.79 Å². The first kappa shape index (κ1) is 16.0. The molecule has 1 aliphatic heterocycles. The van der Waals surface area contributed by atoms with Crippen LogP contribution in [-0.4, -0.2) is 40.0 Å². The fourth-order valence-electron chi connectivity index (χ4n) is 3.13. The Kier molecular flexibility index (Phi) is 4.43. The number of rotatable bonds is 5. The molecule has 0 spiro atoms. The Bertz CT molecular complexity index is 576. The number of nitrogens with one attached hydrogen (secondary N) is 1. The molecule has 3 rings (SSSR count). The monoisotopic (exact) mass is 323 g/mol. The molecule has 1 aromatic rings. The zero-order valence-electron chi connectivity index (χ0n) is 12.7. The highest BCUT2D eigenvalue weighted by atomic mass is 16.9. The second kappa shape index (κ2) is 6.35. The van der Waals surface area contributed by atoms with Gasteiger partial charge in [-0.2, -0.15) is 0 Å². The lowest BCUT2D eigenvalue weighted by Gasteiger charge is -2.22. The number of amides is 1. The van der Waals surface area contributed by atoms with E-state index in [1.54, 1.807) is 12.1 Å². The van der Waals surface area contributed by atoms with Crippen molar-refractivity contribution in [3.63, 3.8) is 0 Å².